The molecule has 1 aliphatic rings. The molecule has 11 heavy (non-hydrogen) atoms. The largest absolute Gasteiger partial charge is 0.372 e. The number of nitrogens with zero attached hydrogens (tertiary/aromatic N) is 1. The minimum Gasteiger partial charge on any atom is -0.372 e. The van der Waals surface area contributed by atoms with Gasteiger partial charge in [-0.05, 0) is 0 Å². The van der Waals surface area contributed by atoms with Crippen LogP contribution in [0.4, 0.5) is 5.69 Å². The summed E-state index contributed by atoms with van der Waals surface area (Å²) in [6, 6.07) is 0. The molecule has 0 fully saturated rings. The molecule has 0 saturated carbocycles. The van der Waals surface area contributed by atoms with Crippen molar-refractivity contribution in [2.45, 2.75) is 0 Å². The number of H-pyrrole nitrogens is 1. The standard InChI is InChI=1S/C6H5N3O2/c10-4-2-7-5-3(4)1-8-9-6(5)11/h1,7H,2H2,(H,9,11). The van der Waals surface area contributed by atoms with Crippen LogP contribution in [0.1, 0.15) is 10.4 Å². The minimum absolute atomic E-state index is 0.0846. The van der Waals surface area contributed by atoms with Crippen LogP contribution in [0.3, 0.4) is 0 Å². The van der Waals surface area contributed by atoms with E-state index in [0.29, 0.717) is 11.3 Å². The average molecular weight is 151 g/mol. The maximum Gasteiger partial charge on any atom is 0.288 e. The monoisotopic (exact) mass is 151 g/mol. The van der Waals surface area contributed by atoms with Crippen molar-refractivity contribution in [3.63, 3.8) is 0 Å². The quantitative estimate of drug-likeness (QED) is 0.518. The molecular weight excluding hydrogens is 146 g/mol. The number of anilines is 1. The summed E-state index contributed by atoms with van der Waals surface area (Å²) in [5, 5.41) is 8.42. The van der Waals surface area contributed by atoms with Gasteiger partial charge in [0.05, 0.1) is 18.3 Å². The molecule has 2 N–H and O–H groups in total. The van der Waals surface area contributed by atoms with Crippen LogP contribution < -0.4 is 10.9 Å². The summed E-state index contributed by atoms with van der Waals surface area (Å²) < 4.78 is 0. The van der Waals surface area contributed by atoms with Gasteiger partial charge in [0.1, 0.15) is 5.69 Å². The Morgan fingerprint density at radius 2 is 2.27 bits per heavy atom. The lowest BCUT2D eigenvalue weighted by Gasteiger charge is -1.91. The molecule has 1 aliphatic heterocycles. The lowest BCUT2D eigenvalue weighted by molar-refractivity contribution is 0.101. The molecule has 0 aromatic carbocycles. The van der Waals surface area contributed by atoms with E-state index in [9.17, 15) is 9.59 Å². The van der Waals surface area contributed by atoms with E-state index in [-0.39, 0.29) is 17.9 Å². The van der Waals surface area contributed by atoms with E-state index in [1.807, 2.05) is 0 Å². The second kappa shape index (κ2) is 1.91. The molecule has 1 aromatic heterocycles. The summed E-state index contributed by atoms with van der Waals surface area (Å²) in [5.74, 6) is -0.0846. The smallest absolute Gasteiger partial charge is 0.288 e. The number of fused-ring (bicyclic) bond motifs is 1. The van der Waals surface area contributed by atoms with Crippen LogP contribution in [0.5, 0.6) is 0 Å². The fraction of sp³-hybridized carbons (Fsp3) is 0.167. The number of hydrogen-bond acceptors (Lipinski definition) is 4. The van der Waals surface area contributed by atoms with Crippen molar-refractivity contribution < 1.29 is 4.79 Å². The summed E-state index contributed by atoms with van der Waals surface area (Å²) >= 11 is 0. The zero-order valence-corrected chi connectivity index (χ0v) is 5.55. The topological polar surface area (TPSA) is 74.8 Å². The van der Waals surface area contributed by atoms with Gasteiger partial charge in [-0.25, -0.2) is 5.10 Å². The van der Waals surface area contributed by atoms with Crippen molar-refractivity contribution in [1.29, 1.82) is 0 Å². The van der Waals surface area contributed by atoms with Crippen LogP contribution in [0.25, 0.3) is 0 Å². The van der Waals surface area contributed by atoms with Crippen molar-refractivity contribution in [3.05, 3.63) is 22.1 Å². The highest BCUT2D eigenvalue weighted by Crippen LogP contribution is 2.14. The van der Waals surface area contributed by atoms with Crippen LogP contribution in [-0.2, 0) is 0 Å². The Bertz CT molecular complexity index is 368. The van der Waals surface area contributed by atoms with Crippen molar-refractivity contribution in [3.8, 4) is 0 Å². The van der Waals surface area contributed by atoms with Crippen LogP contribution in [0.15, 0.2) is 11.0 Å². The van der Waals surface area contributed by atoms with Gasteiger partial charge in [-0.1, -0.05) is 0 Å². The van der Waals surface area contributed by atoms with Gasteiger partial charge in [0.2, 0.25) is 0 Å². The van der Waals surface area contributed by atoms with Crippen molar-refractivity contribution >= 4 is 11.5 Å². The number of rotatable bonds is 0. The third-order valence-corrected chi connectivity index (χ3v) is 1.58. The lowest BCUT2D eigenvalue weighted by atomic mass is 10.2. The maximum atomic E-state index is 11.0. The maximum absolute atomic E-state index is 11.0. The van der Waals surface area contributed by atoms with Crippen molar-refractivity contribution in [2.24, 2.45) is 0 Å². The van der Waals surface area contributed by atoms with Crippen LogP contribution in [-0.4, -0.2) is 22.5 Å². The first-order valence-corrected chi connectivity index (χ1v) is 3.14. The van der Waals surface area contributed by atoms with Gasteiger partial charge < -0.3 is 5.32 Å². The molecule has 0 radical (unpaired) electrons. The molecule has 2 heterocycles. The zero-order valence-electron chi connectivity index (χ0n) is 5.55. The van der Waals surface area contributed by atoms with Crippen LogP contribution in [0, 0.1) is 0 Å². The fourth-order valence-electron chi connectivity index (χ4n) is 1.05. The Morgan fingerprint density at radius 1 is 1.45 bits per heavy atom. The van der Waals surface area contributed by atoms with E-state index in [1.165, 1.54) is 6.20 Å². The van der Waals surface area contributed by atoms with Gasteiger partial charge in [-0.3, -0.25) is 9.59 Å². The van der Waals surface area contributed by atoms with Gasteiger partial charge in [-0.2, -0.15) is 5.10 Å². The van der Waals surface area contributed by atoms with E-state index >= 15 is 0 Å². The molecule has 0 amide bonds. The Labute approximate surface area is 61.4 Å². The predicted octanol–water partition coefficient (Wildman–Crippen LogP) is -0.622. The van der Waals surface area contributed by atoms with E-state index < -0.39 is 0 Å². The first-order chi connectivity index (χ1) is 5.29. The number of aromatic amines is 1. The second-order valence-corrected chi connectivity index (χ2v) is 2.26. The van der Waals surface area contributed by atoms with Gasteiger partial charge in [0.25, 0.3) is 5.56 Å². The minimum atomic E-state index is -0.339. The van der Waals surface area contributed by atoms with Gasteiger partial charge in [0.15, 0.2) is 5.78 Å². The molecule has 0 aliphatic carbocycles. The summed E-state index contributed by atoms with van der Waals surface area (Å²) in [7, 11) is 0. The molecular formula is C6H5N3O2. The molecule has 0 saturated heterocycles. The molecule has 56 valence electrons. The SMILES string of the molecule is O=C1CNc2c1cn[nH]c2=O. The fourth-order valence-corrected chi connectivity index (χ4v) is 1.05. The zero-order chi connectivity index (χ0) is 7.84. The highest BCUT2D eigenvalue weighted by atomic mass is 16.1. The summed E-state index contributed by atoms with van der Waals surface area (Å²) in [6.07, 6.45) is 1.36. The summed E-state index contributed by atoms with van der Waals surface area (Å²) in [6.45, 7) is 0.199. The number of ketones is 1. The average Bonchev–Trinajstić information content (AvgIpc) is 2.35. The lowest BCUT2D eigenvalue weighted by Crippen LogP contribution is -2.11. The van der Waals surface area contributed by atoms with Crippen LogP contribution in [0.2, 0.25) is 0 Å². The molecule has 0 bridgehead atoms. The van der Waals surface area contributed by atoms with E-state index in [0.717, 1.165) is 0 Å². The molecule has 5 nitrogen and oxygen atoms in total. The number of carbonyl (C=O) groups excluding carboxylic acids is 1. The van der Waals surface area contributed by atoms with E-state index in [4.69, 9.17) is 0 Å². The molecule has 1 aromatic rings. The summed E-state index contributed by atoms with van der Waals surface area (Å²) in [5.41, 5.74) is 0.382. The molecule has 5 heteroatoms. The summed E-state index contributed by atoms with van der Waals surface area (Å²) in [4.78, 5) is 21.9. The number of hydrogen-bond donors (Lipinski definition) is 2. The molecule has 0 unspecified atom stereocenters. The number of carbonyl (C=O) groups is 1. The Balaban J connectivity index is 2.76. The van der Waals surface area contributed by atoms with Gasteiger partial charge >= 0.3 is 0 Å². The second-order valence-electron chi connectivity index (χ2n) is 2.26. The van der Waals surface area contributed by atoms with Crippen LogP contribution >= 0.6 is 0 Å². The van der Waals surface area contributed by atoms with E-state index in [1.54, 1.807) is 0 Å². The number of nitrogens with one attached hydrogen (secondary N) is 2. The third kappa shape index (κ3) is 0.739. The first-order valence-electron chi connectivity index (χ1n) is 3.14. The van der Waals surface area contributed by atoms with Crippen molar-refractivity contribution in [1.82, 2.24) is 10.2 Å². The Hall–Kier alpha value is -1.65. The van der Waals surface area contributed by atoms with Gasteiger partial charge in [-0.15, -0.1) is 0 Å². The molecule has 0 atom stereocenters. The normalized spacial score (nSPS) is 14.4. The Kier molecular flexibility index (Phi) is 1.06. The number of Topliss-reactive ketones (excluding diaryl/α,β-unsaturated/α-hetero) is 1. The molecule has 0 spiro atoms. The molecule has 2 rings (SSSR count). The Morgan fingerprint density at radius 3 is 3.00 bits per heavy atom. The first kappa shape index (κ1) is 6.09. The highest BCUT2D eigenvalue weighted by Gasteiger charge is 2.21. The highest BCUT2D eigenvalue weighted by molar-refractivity contribution is 6.07. The van der Waals surface area contributed by atoms with Gasteiger partial charge in [0, 0.05) is 0 Å². The van der Waals surface area contributed by atoms with E-state index in [2.05, 4.69) is 15.5 Å². The van der Waals surface area contributed by atoms with Crippen molar-refractivity contribution in [2.75, 3.05) is 11.9 Å². The predicted molar refractivity (Wildman–Crippen MR) is 37.7 cm³/mol. The third-order valence-electron chi connectivity index (χ3n) is 1.58. The number of aromatic nitrogens is 2.